The zero-order valence-corrected chi connectivity index (χ0v) is 11.8. The summed E-state index contributed by atoms with van der Waals surface area (Å²) < 4.78 is 0. The van der Waals surface area contributed by atoms with E-state index in [1.54, 1.807) is 11.3 Å². The number of benzene rings is 1. The van der Waals surface area contributed by atoms with Crippen LogP contribution in [-0.4, -0.2) is 17.0 Å². The lowest BCUT2D eigenvalue weighted by molar-refractivity contribution is 0.988. The van der Waals surface area contributed by atoms with Gasteiger partial charge in [0, 0.05) is 13.5 Å². The summed E-state index contributed by atoms with van der Waals surface area (Å²) in [6.45, 7) is 2.12. The van der Waals surface area contributed by atoms with Crippen molar-refractivity contribution in [2.45, 2.75) is 13.3 Å². The SMILES string of the molecule is CNc1nc(Cc2ccccc2C)nc2sccc12. The maximum atomic E-state index is 4.65. The molecule has 19 heavy (non-hydrogen) atoms. The number of rotatable bonds is 3. The van der Waals surface area contributed by atoms with Gasteiger partial charge in [-0.2, -0.15) is 0 Å². The quantitative estimate of drug-likeness (QED) is 0.789. The second-order valence-corrected chi connectivity index (χ2v) is 5.38. The van der Waals surface area contributed by atoms with Crippen LogP contribution in [0.1, 0.15) is 17.0 Å². The summed E-state index contributed by atoms with van der Waals surface area (Å²) in [5.41, 5.74) is 2.56. The molecule has 4 heteroatoms. The summed E-state index contributed by atoms with van der Waals surface area (Å²) in [6, 6.07) is 10.4. The molecule has 0 saturated carbocycles. The number of hydrogen-bond donors (Lipinski definition) is 1. The Morgan fingerprint density at radius 3 is 2.79 bits per heavy atom. The molecule has 1 N–H and O–H groups in total. The maximum absolute atomic E-state index is 4.65. The van der Waals surface area contributed by atoms with Crippen LogP contribution in [0.3, 0.4) is 0 Å². The first-order valence-corrected chi connectivity index (χ1v) is 7.12. The second-order valence-electron chi connectivity index (χ2n) is 4.48. The first-order valence-electron chi connectivity index (χ1n) is 6.24. The number of thiophene rings is 1. The Hall–Kier alpha value is -1.94. The van der Waals surface area contributed by atoms with Crippen molar-refractivity contribution in [1.82, 2.24) is 9.97 Å². The Morgan fingerprint density at radius 2 is 2.00 bits per heavy atom. The molecule has 0 saturated heterocycles. The van der Waals surface area contributed by atoms with E-state index in [-0.39, 0.29) is 0 Å². The number of aryl methyl sites for hydroxylation is 1. The minimum Gasteiger partial charge on any atom is -0.372 e. The predicted molar refractivity (Wildman–Crippen MR) is 80.9 cm³/mol. The molecule has 3 aromatic rings. The number of anilines is 1. The molecule has 0 unspecified atom stereocenters. The van der Waals surface area contributed by atoms with E-state index in [2.05, 4.69) is 57.9 Å². The van der Waals surface area contributed by atoms with Crippen LogP contribution < -0.4 is 5.32 Å². The van der Waals surface area contributed by atoms with Crippen molar-refractivity contribution in [2.24, 2.45) is 0 Å². The van der Waals surface area contributed by atoms with Gasteiger partial charge in [0.2, 0.25) is 0 Å². The topological polar surface area (TPSA) is 37.8 Å². The average molecular weight is 269 g/mol. The highest BCUT2D eigenvalue weighted by Gasteiger charge is 2.09. The first-order chi connectivity index (χ1) is 9.28. The van der Waals surface area contributed by atoms with Gasteiger partial charge in [0.1, 0.15) is 16.5 Å². The number of hydrogen-bond acceptors (Lipinski definition) is 4. The molecule has 0 aliphatic rings. The van der Waals surface area contributed by atoms with Gasteiger partial charge in [-0.05, 0) is 29.5 Å². The van der Waals surface area contributed by atoms with E-state index in [0.29, 0.717) is 0 Å². The summed E-state index contributed by atoms with van der Waals surface area (Å²) in [7, 11) is 1.90. The van der Waals surface area contributed by atoms with E-state index in [1.807, 2.05) is 7.05 Å². The molecular formula is C15H15N3S. The predicted octanol–water partition coefficient (Wildman–Crippen LogP) is 3.63. The van der Waals surface area contributed by atoms with Crippen LogP contribution in [0.5, 0.6) is 0 Å². The molecule has 0 aliphatic carbocycles. The number of nitrogens with zero attached hydrogens (tertiary/aromatic N) is 2. The van der Waals surface area contributed by atoms with Crippen molar-refractivity contribution in [3.05, 3.63) is 52.7 Å². The van der Waals surface area contributed by atoms with Crippen LogP contribution in [0.15, 0.2) is 35.7 Å². The van der Waals surface area contributed by atoms with Gasteiger partial charge in [-0.1, -0.05) is 24.3 Å². The lowest BCUT2D eigenvalue weighted by Crippen LogP contribution is -2.02. The molecule has 1 aromatic carbocycles. The lowest BCUT2D eigenvalue weighted by atomic mass is 10.1. The number of nitrogens with one attached hydrogen (secondary N) is 1. The van der Waals surface area contributed by atoms with E-state index in [4.69, 9.17) is 0 Å². The van der Waals surface area contributed by atoms with Crippen LogP contribution in [0.4, 0.5) is 5.82 Å². The second kappa shape index (κ2) is 4.97. The molecule has 0 bridgehead atoms. The molecule has 0 radical (unpaired) electrons. The molecule has 2 aromatic heterocycles. The summed E-state index contributed by atoms with van der Waals surface area (Å²) in [4.78, 5) is 10.3. The molecule has 3 nitrogen and oxygen atoms in total. The van der Waals surface area contributed by atoms with Crippen LogP contribution in [0, 0.1) is 6.92 Å². The monoisotopic (exact) mass is 269 g/mol. The van der Waals surface area contributed by atoms with Crippen LogP contribution in [0.25, 0.3) is 10.2 Å². The van der Waals surface area contributed by atoms with Gasteiger partial charge in [0.05, 0.1) is 5.39 Å². The van der Waals surface area contributed by atoms with E-state index in [9.17, 15) is 0 Å². The van der Waals surface area contributed by atoms with E-state index >= 15 is 0 Å². The molecular weight excluding hydrogens is 254 g/mol. The van der Waals surface area contributed by atoms with Gasteiger partial charge < -0.3 is 5.32 Å². The fraction of sp³-hybridized carbons (Fsp3) is 0.200. The highest BCUT2D eigenvalue weighted by molar-refractivity contribution is 7.16. The van der Waals surface area contributed by atoms with Gasteiger partial charge in [0.15, 0.2) is 0 Å². The van der Waals surface area contributed by atoms with Crippen molar-refractivity contribution < 1.29 is 0 Å². The number of aromatic nitrogens is 2. The summed E-state index contributed by atoms with van der Waals surface area (Å²) in [5, 5.41) is 6.30. The third-order valence-corrected chi connectivity index (χ3v) is 4.02. The molecule has 3 rings (SSSR count). The van der Waals surface area contributed by atoms with Crippen molar-refractivity contribution in [1.29, 1.82) is 0 Å². The standard InChI is InChI=1S/C15H15N3S/c1-10-5-3-4-6-11(10)9-13-17-14(16-2)12-7-8-19-15(12)18-13/h3-8H,9H2,1-2H3,(H,16,17,18). The molecule has 0 fully saturated rings. The van der Waals surface area contributed by atoms with Crippen molar-refractivity contribution in [3.63, 3.8) is 0 Å². The highest BCUT2D eigenvalue weighted by Crippen LogP contribution is 2.25. The summed E-state index contributed by atoms with van der Waals surface area (Å²) in [6.07, 6.45) is 0.773. The lowest BCUT2D eigenvalue weighted by Gasteiger charge is -2.07. The normalized spacial score (nSPS) is 10.8. The van der Waals surface area contributed by atoms with Crippen molar-refractivity contribution in [3.8, 4) is 0 Å². The summed E-state index contributed by atoms with van der Waals surface area (Å²) in [5.74, 6) is 1.78. The van der Waals surface area contributed by atoms with Crippen LogP contribution in [-0.2, 0) is 6.42 Å². The Labute approximate surface area is 116 Å². The van der Waals surface area contributed by atoms with Gasteiger partial charge in [0.25, 0.3) is 0 Å². The third-order valence-electron chi connectivity index (χ3n) is 3.22. The minimum absolute atomic E-state index is 0.773. The molecule has 96 valence electrons. The highest BCUT2D eigenvalue weighted by atomic mass is 32.1. The third kappa shape index (κ3) is 2.31. The maximum Gasteiger partial charge on any atom is 0.138 e. The van der Waals surface area contributed by atoms with E-state index in [1.165, 1.54) is 11.1 Å². The Balaban J connectivity index is 2.03. The molecule has 0 amide bonds. The fourth-order valence-corrected chi connectivity index (χ4v) is 2.93. The Morgan fingerprint density at radius 1 is 1.16 bits per heavy atom. The van der Waals surface area contributed by atoms with E-state index < -0.39 is 0 Å². The Kier molecular flexibility index (Phi) is 3.17. The molecule has 0 aliphatic heterocycles. The zero-order valence-electron chi connectivity index (χ0n) is 11.0. The van der Waals surface area contributed by atoms with E-state index in [0.717, 1.165) is 28.3 Å². The Bertz CT molecular complexity index is 718. The molecule has 2 heterocycles. The van der Waals surface area contributed by atoms with Gasteiger partial charge in [-0.15, -0.1) is 11.3 Å². The van der Waals surface area contributed by atoms with Crippen LogP contribution >= 0.6 is 11.3 Å². The minimum atomic E-state index is 0.773. The fourth-order valence-electron chi connectivity index (χ4n) is 2.15. The molecule has 0 spiro atoms. The average Bonchev–Trinajstić information content (AvgIpc) is 2.89. The smallest absolute Gasteiger partial charge is 0.138 e. The zero-order chi connectivity index (χ0) is 13.2. The largest absolute Gasteiger partial charge is 0.372 e. The van der Waals surface area contributed by atoms with Gasteiger partial charge in [-0.25, -0.2) is 9.97 Å². The van der Waals surface area contributed by atoms with Gasteiger partial charge in [-0.3, -0.25) is 0 Å². The van der Waals surface area contributed by atoms with Crippen molar-refractivity contribution in [2.75, 3.05) is 12.4 Å². The first kappa shape index (κ1) is 12.1. The van der Waals surface area contributed by atoms with Crippen LogP contribution in [0.2, 0.25) is 0 Å². The van der Waals surface area contributed by atoms with Crippen molar-refractivity contribution >= 4 is 27.4 Å². The number of fused-ring (bicyclic) bond motifs is 1. The summed E-state index contributed by atoms with van der Waals surface area (Å²) >= 11 is 1.65. The molecule has 0 atom stereocenters. The van der Waals surface area contributed by atoms with Gasteiger partial charge >= 0.3 is 0 Å².